The second-order valence-electron chi connectivity index (χ2n) is 5.42. The number of amides is 1. The van der Waals surface area contributed by atoms with Crippen molar-refractivity contribution in [1.29, 1.82) is 0 Å². The summed E-state index contributed by atoms with van der Waals surface area (Å²) in [7, 11) is 0. The second kappa shape index (κ2) is 8.11. The van der Waals surface area contributed by atoms with Crippen LogP contribution in [0.5, 0.6) is 0 Å². The van der Waals surface area contributed by atoms with Crippen LogP contribution in [-0.2, 0) is 5.75 Å². The molecule has 0 spiro atoms. The van der Waals surface area contributed by atoms with E-state index in [-0.39, 0.29) is 5.91 Å². The number of tetrazole rings is 1. The minimum absolute atomic E-state index is 0.185. The van der Waals surface area contributed by atoms with E-state index in [1.807, 2.05) is 53.9 Å². The highest BCUT2D eigenvalue weighted by Gasteiger charge is 2.15. The number of anilines is 1. The molecule has 2 aromatic heterocycles. The molecular weight excluding hydrogens is 380 g/mol. The average molecular weight is 394 g/mol. The molecule has 1 N–H and O–H groups in total. The van der Waals surface area contributed by atoms with Crippen LogP contribution in [0, 0.1) is 0 Å². The van der Waals surface area contributed by atoms with Gasteiger partial charge in [-0.1, -0.05) is 30.3 Å². The third-order valence-corrected chi connectivity index (χ3v) is 5.43. The Hall–Kier alpha value is -3.04. The molecule has 0 unspecified atom stereocenters. The number of rotatable bonds is 6. The Morgan fingerprint density at radius 3 is 2.74 bits per heavy atom. The second-order valence-corrected chi connectivity index (χ2v) is 7.33. The van der Waals surface area contributed by atoms with Crippen molar-refractivity contribution < 1.29 is 4.79 Å². The number of nitrogens with one attached hydrogen (secondary N) is 1. The Bertz CT molecular complexity index is 1030. The average Bonchev–Trinajstić information content (AvgIpc) is 3.39. The molecule has 4 aromatic rings. The number of para-hydroxylation sites is 1. The molecule has 0 bridgehead atoms. The lowest BCUT2D eigenvalue weighted by molar-refractivity contribution is 0.102. The molecule has 0 radical (unpaired) electrons. The van der Waals surface area contributed by atoms with Crippen LogP contribution in [0.3, 0.4) is 0 Å². The van der Waals surface area contributed by atoms with Crippen molar-refractivity contribution in [1.82, 2.24) is 25.2 Å². The number of aromatic nitrogens is 5. The Morgan fingerprint density at radius 1 is 1.11 bits per heavy atom. The van der Waals surface area contributed by atoms with Crippen molar-refractivity contribution >= 4 is 34.1 Å². The number of carbonyl (C=O) groups excluding carboxylic acids is 1. The monoisotopic (exact) mass is 394 g/mol. The van der Waals surface area contributed by atoms with E-state index in [2.05, 4.69) is 25.8 Å². The highest BCUT2D eigenvalue weighted by molar-refractivity contribution is 7.98. The van der Waals surface area contributed by atoms with E-state index in [1.54, 1.807) is 16.9 Å². The van der Waals surface area contributed by atoms with E-state index in [0.717, 1.165) is 10.6 Å². The van der Waals surface area contributed by atoms with E-state index < -0.39 is 0 Å². The van der Waals surface area contributed by atoms with E-state index in [4.69, 9.17) is 0 Å². The van der Waals surface area contributed by atoms with Crippen molar-refractivity contribution in [2.75, 3.05) is 5.32 Å². The Labute approximate surface area is 163 Å². The Kier molecular flexibility index (Phi) is 5.22. The van der Waals surface area contributed by atoms with Gasteiger partial charge in [0, 0.05) is 16.5 Å². The number of benzene rings is 2. The minimum Gasteiger partial charge on any atom is -0.298 e. The Balaban J connectivity index is 1.52. The van der Waals surface area contributed by atoms with Gasteiger partial charge in [-0.15, -0.1) is 28.2 Å². The molecule has 0 aliphatic rings. The molecule has 0 fully saturated rings. The molecule has 4 rings (SSSR count). The third-order valence-electron chi connectivity index (χ3n) is 3.68. The summed E-state index contributed by atoms with van der Waals surface area (Å²) in [6.07, 6.45) is 1.66. The molecular formula is C18H14N6OS2. The van der Waals surface area contributed by atoms with Crippen LogP contribution in [0.1, 0.15) is 16.2 Å². The summed E-state index contributed by atoms with van der Waals surface area (Å²) in [5.41, 5.74) is 1.49. The molecule has 0 aliphatic heterocycles. The summed E-state index contributed by atoms with van der Waals surface area (Å²) in [6, 6.07) is 17.2. The number of nitrogens with zero attached hydrogens (tertiary/aromatic N) is 5. The van der Waals surface area contributed by atoms with Gasteiger partial charge >= 0.3 is 0 Å². The van der Waals surface area contributed by atoms with E-state index in [9.17, 15) is 4.79 Å². The summed E-state index contributed by atoms with van der Waals surface area (Å²) in [6.45, 7) is 0. The van der Waals surface area contributed by atoms with Gasteiger partial charge in [0.2, 0.25) is 0 Å². The lowest BCUT2D eigenvalue weighted by Crippen LogP contribution is -2.12. The quantitative estimate of drug-likeness (QED) is 0.502. The largest absolute Gasteiger partial charge is 0.298 e. The maximum absolute atomic E-state index is 12.6. The first kappa shape index (κ1) is 17.4. The fourth-order valence-electron chi connectivity index (χ4n) is 2.44. The standard InChI is InChI=1S/C18H14N6OS2/c25-17(20-18-19-10-11-26-18)14-8-4-5-9-15(14)27-12-16-21-22-23-24(16)13-6-2-1-3-7-13/h1-11H,12H2,(H,19,20,25). The predicted octanol–water partition coefficient (Wildman–Crippen LogP) is 3.66. The zero-order valence-corrected chi connectivity index (χ0v) is 15.7. The molecule has 2 heterocycles. The fourth-order valence-corrected chi connectivity index (χ4v) is 3.92. The molecule has 9 heteroatoms. The topological polar surface area (TPSA) is 85.6 Å². The van der Waals surface area contributed by atoms with Gasteiger partial charge in [-0.3, -0.25) is 10.1 Å². The summed E-state index contributed by atoms with van der Waals surface area (Å²) in [4.78, 5) is 17.5. The van der Waals surface area contributed by atoms with Crippen LogP contribution in [0.15, 0.2) is 71.1 Å². The summed E-state index contributed by atoms with van der Waals surface area (Å²) >= 11 is 2.90. The van der Waals surface area contributed by atoms with Crippen LogP contribution in [0.25, 0.3) is 5.69 Å². The Morgan fingerprint density at radius 2 is 1.93 bits per heavy atom. The predicted molar refractivity (Wildman–Crippen MR) is 105 cm³/mol. The zero-order chi connectivity index (χ0) is 18.5. The van der Waals surface area contributed by atoms with Crippen LogP contribution in [0.4, 0.5) is 5.13 Å². The molecule has 7 nitrogen and oxygen atoms in total. The molecule has 2 aromatic carbocycles. The van der Waals surface area contributed by atoms with Gasteiger partial charge in [0.1, 0.15) is 0 Å². The van der Waals surface area contributed by atoms with Gasteiger partial charge in [0.15, 0.2) is 11.0 Å². The van der Waals surface area contributed by atoms with Crippen LogP contribution in [-0.4, -0.2) is 31.1 Å². The fraction of sp³-hybridized carbons (Fsp3) is 0.0556. The number of thioether (sulfide) groups is 1. The smallest absolute Gasteiger partial charge is 0.258 e. The minimum atomic E-state index is -0.185. The summed E-state index contributed by atoms with van der Waals surface area (Å²) in [5.74, 6) is 1.06. The third kappa shape index (κ3) is 4.04. The zero-order valence-electron chi connectivity index (χ0n) is 14.0. The van der Waals surface area contributed by atoms with Crippen molar-refractivity contribution in [2.24, 2.45) is 0 Å². The molecule has 0 saturated carbocycles. The summed E-state index contributed by atoms with van der Waals surface area (Å²) < 4.78 is 1.70. The van der Waals surface area contributed by atoms with E-state index >= 15 is 0 Å². The number of hydrogen-bond acceptors (Lipinski definition) is 7. The molecule has 0 aliphatic carbocycles. The highest BCUT2D eigenvalue weighted by atomic mass is 32.2. The summed E-state index contributed by atoms with van der Waals surface area (Å²) in [5, 5.41) is 17.2. The normalized spacial score (nSPS) is 10.7. The van der Waals surface area contributed by atoms with Gasteiger partial charge in [-0.05, 0) is 34.7 Å². The van der Waals surface area contributed by atoms with E-state index in [1.165, 1.54) is 23.1 Å². The lowest BCUT2D eigenvalue weighted by atomic mass is 10.2. The maximum Gasteiger partial charge on any atom is 0.258 e. The van der Waals surface area contributed by atoms with Gasteiger partial charge in [0.25, 0.3) is 5.91 Å². The molecule has 1 amide bonds. The molecule has 134 valence electrons. The molecule has 0 atom stereocenters. The van der Waals surface area contributed by atoms with Gasteiger partial charge in [-0.2, -0.15) is 4.68 Å². The van der Waals surface area contributed by atoms with Crippen LogP contribution < -0.4 is 5.32 Å². The lowest BCUT2D eigenvalue weighted by Gasteiger charge is -2.09. The van der Waals surface area contributed by atoms with Crippen LogP contribution >= 0.6 is 23.1 Å². The van der Waals surface area contributed by atoms with Crippen molar-refractivity contribution in [3.05, 3.63) is 77.6 Å². The highest BCUT2D eigenvalue weighted by Crippen LogP contribution is 2.27. The number of thiazole rings is 1. The van der Waals surface area contributed by atoms with Crippen molar-refractivity contribution in [3.63, 3.8) is 0 Å². The van der Waals surface area contributed by atoms with Crippen LogP contribution in [0.2, 0.25) is 0 Å². The van der Waals surface area contributed by atoms with Gasteiger partial charge in [-0.25, -0.2) is 4.98 Å². The molecule has 27 heavy (non-hydrogen) atoms. The van der Waals surface area contributed by atoms with Gasteiger partial charge < -0.3 is 0 Å². The number of carbonyl (C=O) groups is 1. The van der Waals surface area contributed by atoms with Crippen molar-refractivity contribution in [2.45, 2.75) is 10.6 Å². The first-order chi connectivity index (χ1) is 13.3. The van der Waals surface area contributed by atoms with Crippen molar-refractivity contribution in [3.8, 4) is 5.69 Å². The van der Waals surface area contributed by atoms with E-state index in [0.29, 0.717) is 22.3 Å². The molecule has 0 saturated heterocycles. The number of hydrogen-bond donors (Lipinski definition) is 1. The SMILES string of the molecule is O=C(Nc1nccs1)c1ccccc1SCc1nnnn1-c1ccccc1. The van der Waals surface area contributed by atoms with Gasteiger partial charge in [0.05, 0.1) is 17.0 Å². The first-order valence-electron chi connectivity index (χ1n) is 8.06. The maximum atomic E-state index is 12.6. The first-order valence-corrected chi connectivity index (χ1v) is 9.93.